The van der Waals surface area contributed by atoms with Gasteiger partial charge in [-0.1, -0.05) is 123 Å². The first-order valence-electron chi connectivity index (χ1n) is 14.0. The third-order valence-electron chi connectivity index (χ3n) is 8.83. The molecular formula is C39H29N. The molecule has 190 valence electrons. The van der Waals surface area contributed by atoms with E-state index in [9.17, 15) is 0 Å². The Morgan fingerprint density at radius 2 is 1.00 bits per heavy atom. The topological polar surface area (TPSA) is 15.8 Å². The maximum absolute atomic E-state index is 3.67. The average Bonchev–Trinajstić information content (AvgIpc) is 3.50. The van der Waals surface area contributed by atoms with Crippen molar-refractivity contribution in [1.82, 2.24) is 4.98 Å². The number of aromatic amines is 1. The molecule has 0 bridgehead atoms. The van der Waals surface area contributed by atoms with Gasteiger partial charge in [0.25, 0.3) is 0 Å². The van der Waals surface area contributed by atoms with E-state index in [2.05, 4.69) is 152 Å². The van der Waals surface area contributed by atoms with Crippen LogP contribution < -0.4 is 0 Å². The van der Waals surface area contributed by atoms with Gasteiger partial charge in [0.1, 0.15) is 0 Å². The highest BCUT2D eigenvalue weighted by molar-refractivity contribution is 6.11. The second-order valence-corrected chi connectivity index (χ2v) is 11.5. The second kappa shape index (κ2) is 8.56. The van der Waals surface area contributed by atoms with E-state index in [1.807, 2.05) is 0 Å². The first-order valence-corrected chi connectivity index (χ1v) is 14.0. The Morgan fingerprint density at radius 1 is 0.425 bits per heavy atom. The number of hydrogen-bond donors (Lipinski definition) is 1. The van der Waals surface area contributed by atoms with Crippen LogP contribution in [0.3, 0.4) is 0 Å². The van der Waals surface area contributed by atoms with E-state index in [1.54, 1.807) is 0 Å². The van der Waals surface area contributed by atoms with E-state index < -0.39 is 0 Å². The molecule has 0 fully saturated rings. The van der Waals surface area contributed by atoms with Gasteiger partial charge in [-0.05, 0) is 74.3 Å². The number of fused-ring (bicyclic) bond motifs is 6. The third-order valence-corrected chi connectivity index (χ3v) is 8.83. The van der Waals surface area contributed by atoms with Crippen molar-refractivity contribution in [3.8, 4) is 44.5 Å². The molecular weight excluding hydrogens is 482 g/mol. The van der Waals surface area contributed by atoms with Crippen molar-refractivity contribution < 1.29 is 0 Å². The van der Waals surface area contributed by atoms with Crippen LogP contribution in [0.2, 0.25) is 0 Å². The molecule has 1 N–H and O–H groups in total. The molecule has 1 heteroatoms. The van der Waals surface area contributed by atoms with Crippen LogP contribution in [-0.2, 0) is 5.41 Å². The molecule has 0 spiro atoms. The first-order chi connectivity index (χ1) is 19.6. The van der Waals surface area contributed by atoms with Gasteiger partial charge in [-0.3, -0.25) is 0 Å². The van der Waals surface area contributed by atoms with Crippen molar-refractivity contribution in [3.63, 3.8) is 0 Å². The number of aromatic nitrogens is 1. The molecule has 0 radical (unpaired) electrons. The molecule has 8 rings (SSSR count). The van der Waals surface area contributed by atoms with E-state index in [4.69, 9.17) is 0 Å². The van der Waals surface area contributed by atoms with E-state index in [0.717, 1.165) is 0 Å². The molecule has 0 saturated carbocycles. The highest BCUT2D eigenvalue weighted by Crippen LogP contribution is 2.49. The number of H-pyrrole nitrogens is 1. The van der Waals surface area contributed by atoms with Crippen molar-refractivity contribution in [2.24, 2.45) is 0 Å². The Labute approximate surface area is 234 Å². The minimum absolute atomic E-state index is 0.00246. The van der Waals surface area contributed by atoms with Crippen LogP contribution in [0.4, 0.5) is 0 Å². The molecule has 0 unspecified atom stereocenters. The summed E-state index contributed by atoms with van der Waals surface area (Å²) in [5.74, 6) is 0. The largest absolute Gasteiger partial charge is 0.354 e. The van der Waals surface area contributed by atoms with Crippen molar-refractivity contribution in [2.45, 2.75) is 19.3 Å². The predicted molar refractivity (Wildman–Crippen MR) is 170 cm³/mol. The zero-order valence-corrected chi connectivity index (χ0v) is 22.7. The van der Waals surface area contributed by atoms with Crippen LogP contribution in [0.1, 0.15) is 25.0 Å². The Morgan fingerprint density at radius 3 is 1.82 bits per heavy atom. The smallest absolute Gasteiger partial charge is 0.0544 e. The fraction of sp³-hybridized carbons (Fsp3) is 0.0769. The zero-order valence-electron chi connectivity index (χ0n) is 22.7. The molecule has 0 amide bonds. The summed E-state index contributed by atoms with van der Waals surface area (Å²) < 4.78 is 0. The summed E-state index contributed by atoms with van der Waals surface area (Å²) in [6, 6.07) is 48.9. The fourth-order valence-corrected chi connectivity index (χ4v) is 6.74. The van der Waals surface area contributed by atoms with Crippen molar-refractivity contribution in [3.05, 3.63) is 145 Å². The minimum Gasteiger partial charge on any atom is -0.354 e. The van der Waals surface area contributed by atoms with Crippen LogP contribution in [0.25, 0.3) is 66.3 Å². The van der Waals surface area contributed by atoms with Crippen molar-refractivity contribution in [2.75, 3.05) is 0 Å². The van der Waals surface area contributed by atoms with Crippen LogP contribution in [0, 0.1) is 0 Å². The maximum Gasteiger partial charge on any atom is 0.0544 e. The lowest BCUT2D eigenvalue weighted by atomic mass is 9.81. The van der Waals surface area contributed by atoms with Gasteiger partial charge in [0.05, 0.1) is 5.52 Å². The van der Waals surface area contributed by atoms with Gasteiger partial charge in [-0.25, -0.2) is 0 Å². The second-order valence-electron chi connectivity index (χ2n) is 11.5. The summed E-state index contributed by atoms with van der Waals surface area (Å²) in [6.07, 6.45) is 0. The quantitative estimate of drug-likeness (QED) is 0.243. The number of para-hydroxylation sites is 2. The number of hydrogen-bond acceptors (Lipinski definition) is 0. The van der Waals surface area contributed by atoms with Crippen LogP contribution in [-0.4, -0.2) is 4.98 Å². The number of nitrogens with one attached hydrogen (secondary N) is 1. The summed E-state index contributed by atoms with van der Waals surface area (Å²) in [5.41, 5.74) is 15.3. The SMILES string of the molecule is CC1(C)c2ccccc2-c2ccc(-c3cccc(-c4cccc(-c5cccc6c5[nH]c5ccccc56)c4)c3)cc21. The van der Waals surface area contributed by atoms with Gasteiger partial charge in [0.15, 0.2) is 0 Å². The van der Waals surface area contributed by atoms with Crippen LogP contribution in [0.15, 0.2) is 133 Å². The Kier molecular flexibility index (Phi) is 4.93. The van der Waals surface area contributed by atoms with Gasteiger partial charge < -0.3 is 4.98 Å². The highest BCUT2D eigenvalue weighted by atomic mass is 14.7. The average molecular weight is 512 g/mol. The Bertz CT molecular complexity index is 2090. The molecule has 1 aliphatic carbocycles. The van der Waals surface area contributed by atoms with Gasteiger partial charge in [-0.15, -0.1) is 0 Å². The lowest BCUT2D eigenvalue weighted by molar-refractivity contribution is 0.660. The van der Waals surface area contributed by atoms with Gasteiger partial charge in [-0.2, -0.15) is 0 Å². The normalized spacial score (nSPS) is 13.4. The zero-order chi connectivity index (χ0) is 26.8. The van der Waals surface area contributed by atoms with Gasteiger partial charge in [0, 0.05) is 27.3 Å². The summed E-state index contributed by atoms with van der Waals surface area (Å²) in [6.45, 7) is 4.69. The lowest BCUT2D eigenvalue weighted by Crippen LogP contribution is -2.14. The number of benzene rings is 6. The maximum atomic E-state index is 3.67. The summed E-state index contributed by atoms with van der Waals surface area (Å²) in [4.78, 5) is 3.67. The lowest BCUT2D eigenvalue weighted by Gasteiger charge is -2.22. The monoisotopic (exact) mass is 511 g/mol. The summed E-state index contributed by atoms with van der Waals surface area (Å²) in [7, 11) is 0. The van der Waals surface area contributed by atoms with Crippen LogP contribution in [0.5, 0.6) is 0 Å². The van der Waals surface area contributed by atoms with E-state index in [0.29, 0.717) is 0 Å². The minimum atomic E-state index is -0.00246. The van der Waals surface area contributed by atoms with Crippen molar-refractivity contribution in [1.29, 1.82) is 0 Å². The molecule has 1 heterocycles. The van der Waals surface area contributed by atoms with Gasteiger partial charge >= 0.3 is 0 Å². The molecule has 7 aromatic rings. The van der Waals surface area contributed by atoms with Crippen LogP contribution >= 0.6 is 0 Å². The molecule has 0 atom stereocenters. The van der Waals surface area contributed by atoms with Crippen molar-refractivity contribution >= 4 is 21.8 Å². The Hall–Kier alpha value is -4.88. The van der Waals surface area contributed by atoms with E-state index >= 15 is 0 Å². The highest BCUT2D eigenvalue weighted by Gasteiger charge is 2.35. The fourth-order valence-electron chi connectivity index (χ4n) is 6.74. The molecule has 0 saturated heterocycles. The third kappa shape index (κ3) is 3.41. The molecule has 1 nitrogen and oxygen atoms in total. The molecule has 1 aliphatic rings. The van der Waals surface area contributed by atoms with E-state index in [-0.39, 0.29) is 5.41 Å². The first kappa shape index (κ1) is 23.0. The summed E-state index contributed by atoms with van der Waals surface area (Å²) >= 11 is 0. The standard InChI is InChI=1S/C39H29N/c1-39(2)35-18-5-3-14-31(35)32-21-20-28(24-36(32)39)26-11-7-10-25(22-26)27-12-8-13-29(23-27)30-16-9-17-34-33-15-4-6-19-37(33)40-38(30)34/h3-24,40H,1-2H3. The molecule has 6 aromatic carbocycles. The number of rotatable bonds is 3. The summed E-state index contributed by atoms with van der Waals surface area (Å²) in [5, 5.41) is 2.53. The molecule has 40 heavy (non-hydrogen) atoms. The molecule has 1 aromatic heterocycles. The van der Waals surface area contributed by atoms with Gasteiger partial charge in [0.2, 0.25) is 0 Å². The molecule has 0 aliphatic heterocycles. The van der Waals surface area contributed by atoms with E-state index in [1.165, 1.54) is 77.4 Å². The Balaban J connectivity index is 1.20. The predicted octanol–water partition coefficient (Wildman–Crippen LogP) is 10.6.